The summed E-state index contributed by atoms with van der Waals surface area (Å²) in [6.45, 7) is 5.41. The summed E-state index contributed by atoms with van der Waals surface area (Å²) >= 11 is 0. The molecule has 2 aromatic rings. The zero-order chi connectivity index (χ0) is 14.5. The third kappa shape index (κ3) is 3.19. The first kappa shape index (κ1) is 14.6. The second-order valence-corrected chi connectivity index (χ2v) is 4.48. The van der Waals surface area contributed by atoms with Gasteiger partial charge in [-0.2, -0.15) is 5.10 Å². The molecule has 1 N–H and O–H groups in total. The van der Waals surface area contributed by atoms with E-state index in [4.69, 9.17) is 0 Å². The topological polar surface area (TPSA) is 42.7 Å². The van der Waals surface area contributed by atoms with Crippen molar-refractivity contribution in [2.45, 2.75) is 32.9 Å². The molecule has 108 valence electrons. The lowest BCUT2D eigenvalue weighted by Crippen LogP contribution is -2.24. The Morgan fingerprint density at radius 2 is 2.05 bits per heavy atom. The van der Waals surface area contributed by atoms with Gasteiger partial charge in [0.15, 0.2) is 11.6 Å². The number of aryl methyl sites for hydroxylation is 1. The van der Waals surface area contributed by atoms with E-state index in [2.05, 4.69) is 15.4 Å². The van der Waals surface area contributed by atoms with Crippen LogP contribution in [0.25, 0.3) is 0 Å². The Balaban J connectivity index is 2.24. The second-order valence-electron chi connectivity index (χ2n) is 4.48. The van der Waals surface area contributed by atoms with Crippen molar-refractivity contribution in [1.82, 2.24) is 20.1 Å². The van der Waals surface area contributed by atoms with E-state index in [0.29, 0.717) is 12.0 Å². The second kappa shape index (κ2) is 6.56. The zero-order valence-electron chi connectivity index (χ0n) is 11.6. The van der Waals surface area contributed by atoms with Gasteiger partial charge in [0.05, 0.1) is 0 Å². The minimum absolute atomic E-state index is 0.121. The fourth-order valence-corrected chi connectivity index (χ4v) is 2.18. The summed E-state index contributed by atoms with van der Waals surface area (Å²) in [7, 11) is 0. The van der Waals surface area contributed by atoms with Gasteiger partial charge in [0.25, 0.3) is 0 Å². The molecule has 0 amide bonds. The minimum atomic E-state index is -0.833. The van der Waals surface area contributed by atoms with Crippen molar-refractivity contribution < 1.29 is 8.78 Å². The maximum Gasteiger partial charge on any atom is 0.159 e. The summed E-state index contributed by atoms with van der Waals surface area (Å²) in [5.41, 5.74) is 0.705. The highest BCUT2D eigenvalue weighted by atomic mass is 19.2. The number of halogens is 2. The quantitative estimate of drug-likeness (QED) is 0.884. The van der Waals surface area contributed by atoms with Crippen LogP contribution in [0.5, 0.6) is 0 Å². The number of rotatable bonds is 6. The van der Waals surface area contributed by atoms with Gasteiger partial charge in [0, 0.05) is 19.0 Å². The van der Waals surface area contributed by atoms with E-state index in [9.17, 15) is 8.78 Å². The van der Waals surface area contributed by atoms with E-state index in [0.717, 1.165) is 25.0 Å². The van der Waals surface area contributed by atoms with Gasteiger partial charge in [-0.1, -0.05) is 13.0 Å². The molecule has 0 fully saturated rings. The molecule has 4 nitrogen and oxygen atoms in total. The van der Waals surface area contributed by atoms with Gasteiger partial charge in [-0.3, -0.25) is 4.68 Å². The standard InChI is InChI=1S/C14H18F2N4/c1-3-17-13(8-14-18-9-19-20(14)4-2)10-5-6-11(15)12(16)7-10/h5-7,9,13,17H,3-4,8H2,1-2H3. The van der Waals surface area contributed by atoms with Crippen LogP contribution in [0.4, 0.5) is 8.78 Å². The Labute approximate surface area is 116 Å². The molecule has 20 heavy (non-hydrogen) atoms. The summed E-state index contributed by atoms with van der Waals surface area (Å²) < 4.78 is 28.2. The Bertz CT molecular complexity index is 568. The molecular weight excluding hydrogens is 262 g/mol. The van der Waals surface area contributed by atoms with Crippen LogP contribution in [0.2, 0.25) is 0 Å². The lowest BCUT2D eigenvalue weighted by molar-refractivity contribution is 0.487. The van der Waals surface area contributed by atoms with Crippen LogP contribution in [0.3, 0.4) is 0 Å². The zero-order valence-corrected chi connectivity index (χ0v) is 11.6. The van der Waals surface area contributed by atoms with Crippen LogP contribution in [0.1, 0.15) is 31.3 Å². The molecule has 6 heteroatoms. The highest BCUT2D eigenvalue weighted by Gasteiger charge is 2.16. The molecule has 0 saturated carbocycles. The van der Waals surface area contributed by atoms with Gasteiger partial charge in [-0.25, -0.2) is 13.8 Å². The van der Waals surface area contributed by atoms with Crippen LogP contribution >= 0.6 is 0 Å². The van der Waals surface area contributed by atoms with Crippen molar-refractivity contribution in [3.05, 3.63) is 47.5 Å². The molecule has 1 atom stereocenters. The predicted molar refractivity (Wildman–Crippen MR) is 72.2 cm³/mol. The summed E-state index contributed by atoms with van der Waals surface area (Å²) in [6.07, 6.45) is 2.08. The lowest BCUT2D eigenvalue weighted by Gasteiger charge is -2.18. The van der Waals surface area contributed by atoms with Gasteiger partial charge in [-0.05, 0) is 31.2 Å². The number of likely N-dealkylation sites (N-methyl/N-ethyl adjacent to an activating group) is 1. The van der Waals surface area contributed by atoms with Gasteiger partial charge in [-0.15, -0.1) is 0 Å². The van der Waals surface area contributed by atoms with E-state index in [-0.39, 0.29) is 6.04 Å². The Hall–Kier alpha value is -1.82. The molecule has 0 aliphatic heterocycles. The normalized spacial score (nSPS) is 12.6. The van der Waals surface area contributed by atoms with Crippen molar-refractivity contribution in [3.63, 3.8) is 0 Å². The number of hydrogen-bond acceptors (Lipinski definition) is 3. The van der Waals surface area contributed by atoms with Crippen molar-refractivity contribution in [3.8, 4) is 0 Å². The van der Waals surface area contributed by atoms with Crippen molar-refractivity contribution >= 4 is 0 Å². The summed E-state index contributed by atoms with van der Waals surface area (Å²) in [5.74, 6) is -0.841. The van der Waals surface area contributed by atoms with Gasteiger partial charge in [0.2, 0.25) is 0 Å². The Kier molecular flexibility index (Phi) is 4.79. The third-order valence-corrected chi connectivity index (χ3v) is 3.18. The molecule has 0 radical (unpaired) electrons. The molecular formula is C14H18F2N4. The average Bonchev–Trinajstić information content (AvgIpc) is 2.88. The molecule has 1 aromatic carbocycles. The van der Waals surface area contributed by atoms with Gasteiger partial charge in [0.1, 0.15) is 12.2 Å². The van der Waals surface area contributed by atoms with Gasteiger partial charge < -0.3 is 5.32 Å². The number of benzene rings is 1. The molecule has 0 saturated heterocycles. The summed E-state index contributed by atoms with van der Waals surface area (Å²) in [6, 6.07) is 3.86. The highest BCUT2D eigenvalue weighted by Crippen LogP contribution is 2.19. The predicted octanol–water partition coefficient (Wildman–Crippen LogP) is 2.47. The van der Waals surface area contributed by atoms with Gasteiger partial charge >= 0.3 is 0 Å². The van der Waals surface area contributed by atoms with E-state index >= 15 is 0 Å². The van der Waals surface area contributed by atoms with Crippen molar-refractivity contribution in [1.29, 1.82) is 0 Å². The van der Waals surface area contributed by atoms with Crippen LogP contribution in [-0.2, 0) is 13.0 Å². The third-order valence-electron chi connectivity index (χ3n) is 3.18. The van der Waals surface area contributed by atoms with Crippen LogP contribution in [-0.4, -0.2) is 21.3 Å². The number of nitrogens with zero attached hydrogens (tertiary/aromatic N) is 3. The summed E-state index contributed by atoms with van der Waals surface area (Å²) in [5, 5.41) is 7.38. The maximum atomic E-state index is 13.4. The van der Waals surface area contributed by atoms with Crippen LogP contribution in [0.15, 0.2) is 24.5 Å². The van der Waals surface area contributed by atoms with Crippen molar-refractivity contribution in [2.24, 2.45) is 0 Å². The number of aromatic nitrogens is 3. The fraction of sp³-hybridized carbons (Fsp3) is 0.429. The lowest BCUT2D eigenvalue weighted by atomic mass is 10.0. The van der Waals surface area contributed by atoms with E-state index in [1.54, 1.807) is 10.7 Å². The minimum Gasteiger partial charge on any atom is -0.310 e. The largest absolute Gasteiger partial charge is 0.310 e. The number of hydrogen-bond donors (Lipinski definition) is 1. The molecule has 1 heterocycles. The van der Waals surface area contributed by atoms with E-state index in [1.165, 1.54) is 12.4 Å². The molecule has 1 unspecified atom stereocenters. The first-order valence-corrected chi connectivity index (χ1v) is 6.70. The van der Waals surface area contributed by atoms with E-state index < -0.39 is 11.6 Å². The SMILES string of the molecule is CCNC(Cc1ncnn1CC)c1ccc(F)c(F)c1. The average molecular weight is 280 g/mol. The van der Waals surface area contributed by atoms with Crippen molar-refractivity contribution in [2.75, 3.05) is 6.54 Å². The first-order valence-electron chi connectivity index (χ1n) is 6.70. The number of nitrogens with one attached hydrogen (secondary N) is 1. The summed E-state index contributed by atoms with van der Waals surface area (Å²) in [4.78, 5) is 4.22. The molecule has 2 rings (SSSR count). The monoisotopic (exact) mass is 280 g/mol. The maximum absolute atomic E-state index is 13.4. The highest BCUT2D eigenvalue weighted by molar-refractivity contribution is 5.22. The molecule has 1 aromatic heterocycles. The Morgan fingerprint density at radius 3 is 2.70 bits per heavy atom. The Morgan fingerprint density at radius 1 is 1.25 bits per heavy atom. The molecule has 0 aliphatic rings. The smallest absolute Gasteiger partial charge is 0.159 e. The fourth-order valence-electron chi connectivity index (χ4n) is 2.18. The van der Waals surface area contributed by atoms with Crippen LogP contribution in [0, 0.1) is 11.6 Å². The van der Waals surface area contributed by atoms with E-state index in [1.807, 2.05) is 13.8 Å². The molecule has 0 spiro atoms. The van der Waals surface area contributed by atoms with Crippen LogP contribution < -0.4 is 5.32 Å². The molecule has 0 bridgehead atoms. The molecule has 0 aliphatic carbocycles. The first-order chi connectivity index (χ1) is 9.65.